The largest absolute Gasteiger partial charge is 0.533 e. The Labute approximate surface area is 261 Å². The molecule has 2 atom stereocenters. The summed E-state index contributed by atoms with van der Waals surface area (Å²) in [6, 6.07) is 8.87. The number of aliphatic hydroxyl groups excluding tert-OH is 2. The summed E-state index contributed by atoms with van der Waals surface area (Å²) in [7, 11) is 9.47. The van der Waals surface area contributed by atoms with Crippen LogP contribution in [0.2, 0.25) is 0 Å². The molecule has 3 aromatic rings. The number of fused-ring (bicyclic) bond motifs is 1. The zero-order chi connectivity index (χ0) is 30.1. The van der Waals surface area contributed by atoms with Crippen molar-refractivity contribution in [3.8, 4) is 57.0 Å². The van der Waals surface area contributed by atoms with Gasteiger partial charge in [0.25, 0.3) is 0 Å². The Morgan fingerprint density at radius 2 is 1.17 bits per heavy atom. The Morgan fingerprint density at radius 3 is 1.57 bits per heavy atom. The summed E-state index contributed by atoms with van der Waals surface area (Å²) in [5.74, 6) is 3.00. The maximum Gasteiger partial charge on any atom is 0.203 e. The van der Waals surface area contributed by atoms with Crippen LogP contribution in [-0.2, 0) is 32.9 Å². The fraction of sp³-hybridized carbons (Fsp3) is 0.484. The van der Waals surface area contributed by atoms with Gasteiger partial charge in [-0.15, -0.1) is 5.56 Å². The number of nitrogens with zero attached hydrogens (tertiary/aromatic N) is 2. The van der Waals surface area contributed by atoms with Gasteiger partial charge >= 0.3 is 0 Å². The number of rotatable bonds is 10. The maximum absolute atomic E-state index is 8.56. The molecule has 1 heterocycles. The van der Waals surface area contributed by atoms with E-state index in [9.17, 15) is 0 Å². The molecule has 0 aliphatic heterocycles. The molecule has 1 aromatic heterocycles. The van der Waals surface area contributed by atoms with E-state index < -0.39 is 0 Å². The predicted octanol–water partition coefficient (Wildman–Crippen LogP) is 4.68. The fourth-order valence-corrected chi connectivity index (χ4v) is 4.73. The van der Waals surface area contributed by atoms with Gasteiger partial charge in [0.2, 0.25) is 5.75 Å². The Balaban J connectivity index is 0.000000687. The van der Waals surface area contributed by atoms with Crippen molar-refractivity contribution in [1.29, 1.82) is 0 Å². The van der Waals surface area contributed by atoms with Crippen molar-refractivity contribution in [2.45, 2.75) is 58.2 Å². The summed E-state index contributed by atoms with van der Waals surface area (Å²) in [6.45, 7) is 3.32. The van der Waals surface area contributed by atoms with Gasteiger partial charge in [0, 0.05) is 31.4 Å². The van der Waals surface area contributed by atoms with Gasteiger partial charge in [-0.3, -0.25) is 9.97 Å². The Hall–Kier alpha value is -3.11. The van der Waals surface area contributed by atoms with E-state index in [4.69, 9.17) is 48.6 Å². The quantitative estimate of drug-likeness (QED) is 0.282. The molecule has 42 heavy (non-hydrogen) atoms. The van der Waals surface area contributed by atoms with Crippen molar-refractivity contribution in [2.24, 2.45) is 0 Å². The molecule has 0 spiro atoms. The third-order valence-corrected chi connectivity index (χ3v) is 6.59. The third-order valence-electron chi connectivity index (χ3n) is 6.59. The fourth-order valence-electron chi connectivity index (χ4n) is 4.73. The topological polar surface area (TPSA) is 122 Å². The molecule has 1 aliphatic carbocycles. The first kappa shape index (κ1) is 35.1. The Bertz CT molecular complexity index is 1170. The standard InChI is InChI=1S/C26H29N2O6.C5H12O2.Ir/c1-29-19-11-15(12-20(30-2)25(19)33-5)23-24(28-18-10-8-7-9-17(18)27-23)16-13-21(31-3)26(34-6)22(14-16)32-4;1-4(6)3-5(2)7;/h11-13H,7-10H2,1-6H3;4-7H,3H2,1-2H3;/q-1;;. The van der Waals surface area contributed by atoms with Crippen LogP contribution < -0.4 is 28.4 Å². The Morgan fingerprint density at radius 1 is 0.690 bits per heavy atom. The molecule has 1 aliphatic rings. The number of hydrogen-bond donors (Lipinski definition) is 2. The van der Waals surface area contributed by atoms with Gasteiger partial charge < -0.3 is 38.6 Å². The molecular formula is C31H41IrN2O8-. The second-order valence-electron chi connectivity index (χ2n) is 9.69. The molecule has 11 heteroatoms. The number of aliphatic hydroxyl groups is 2. The van der Waals surface area contributed by atoms with Gasteiger partial charge in [-0.1, -0.05) is 12.1 Å². The van der Waals surface area contributed by atoms with Crippen LogP contribution in [0, 0.1) is 6.07 Å². The van der Waals surface area contributed by atoms with Crippen molar-refractivity contribution in [2.75, 3.05) is 42.7 Å². The van der Waals surface area contributed by atoms with Crippen LogP contribution >= 0.6 is 0 Å². The molecule has 0 bridgehead atoms. The minimum Gasteiger partial charge on any atom is -0.533 e. The van der Waals surface area contributed by atoms with Gasteiger partial charge in [-0.05, 0) is 58.1 Å². The van der Waals surface area contributed by atoms with Crippen LogP contribution in [0.1, 0.15) is 44.5 Å². The van der Waals surface area contributed by atoms with Gasteiger partial charge in [-0.2, -0.15) is 0 Å². The second kappa shape index (κ2) is 16.5. The van der Waals surface area contributed by atoms with E-state index in [1.165, 1.54) is 0 Å². The van der Waals surface area contributed by atoms with E-state index in [0.29, 0.717) is 57.9 Å². The van der Waals surface area contributed by atoms with Crippen LogP contribution in [0.5, 0.6) is 34.5 Å². The van der Waals surface area contributed by atoms with Crippen molar-refractivity contribution in [1.82, 2.24) is 9.97 Å². The van der Waals surface area contributed by atoms with E-state index in [-0.39, 0.29) is 32.3 Å². The van der Waals surface area contributed by atoms with Crippen LogP contribution in [0.25, 0.3) is 22.5 Å². The van der Waals surface area contributed by atoms with Crippen molar-refractivity contribution < 1.29 is 58.7 Å². The molecule has 0 amide bonds. The molecule has 4 rings (SSSR count). The summed E-state index contributed by atoms with van der Waals surface area (Å²) in [5, 5.41) is 17.1. The molecule has 0 fully saturated rings. The van der Waals surface area contributed by atoms with Gasteiger partial charge in [0.1, 0.15) is 5.75 Å². The van der Waals surface area contributed by atoms with E-state index in [1.54, 1.807) is 56.5 Å². The summed E-state index contributed by atoms with van der Waals surface area (Å²) in [5.41, 5.74) is 4.82. The predicted molar refractivity (Wildman–Crippen MR) is 156 cm³/mol. The zero-order valence-electron chi connectivity index (χ0n) is 25.5. The monoisotopic (exact) mass is 762 g/mol. The van der Waals surface area contributed by atoms with E-state index >= 15 is 0 Å². The number of aromatic nitrogens is 2. The maximum atomic E-state index is 8.56. The van der Waals surface area contributed by atoms with Gasteiger partial charge in [0.05, 0.1) is 83.4 Å². The number of aryl methyl sites for hydroxylation is 2. The summed E-state index contributed by atoms with van der Waals surface area (Å²) >= 11 is 0. The molecule has 2 N–H and O–H groups in total. The third kappa shape index (κ3) is 8.25. The average molecular weight is 762 g/mol. The molecule has 2 unspecified atom stereocenters. The van der Waals surface area contributed by atoms with Gasteiger partial charge in [-0.25, -0.2) is 0 Å². The van der Waals surface area contributed by atoms with E-state index in [2.05, 4.69) is 6.07 Å². The van der Waals surface area contributed by atoms with Crippen LogP contribution in [-0.4, -0.2) is 75.0 Å². The molecule has 0 saturated heterocycles. The molecule has 2 aromatic carbocycles. The SMILES string of the molecule is CC(O)CC(C)O.COc1[c-]c(-c2nc3c(nc2-c2cc(OC)c(OC)c(OC)c2)CCCC3)cc(OC)c1OC.[Ir]. The minimum atomic E-state index is -0.375. The summed E-state index contributed by atoms with van der Waals surface area (Å²) in [4.78, 5) is 10.1. The smallest absolute Gasteiger partial charge is 0.203 e. The van der Waals surface area contributed by atoms with Crippen LogP contribution in [0.15, 0.2) is 18.2 Å². The van der Waals surface area contributed by atoms with Crippen LogP contribution in [0.4, 0.5) is 0 Å². The Kier molecular flexibility index (Phi) is 13.8. The average Bonchev–Trinajstić information content (AvgIpc) is 2.98. The zero-order valence-corrected chi connectivity index (χ0v) is 27.9. The molecular weight excluding hydrogens is 721 g/mol. The van der Waals surface area contributed by atoms with Crippen LogP contribution in [0.3, 0.4) is 0 Å². The van der Waals surface area contributed by atoms with E-state index in [0.717, 1.165) is 42.6 Å². The number of ether oxygens (including phenoxy) is 6. The first-order chi connectivity index (χ1) is 19.7. The minimum absolute atomic E-state index is 0. The molecule has 1 radical (unpaired) electrons. The number of methoxy groups -OCH3 is 6. The molecule has 10 nitrogen and oxygen atoms in total. The van der Waals surface area contributed by atoms with Crippen molar-refractivity contribution in [3.63, 3.8) is 0 Å². The first-order valence-electron chi connectivity index (χ1n) is 13.5. The van der Waals surface area contributed by atoms with Crippen molar-refractivity contribution in [3.05, 3.63) is 35.7 Å². The number of benzene rings is 2. The normalized spacial score (nSPS) is 13.3. The molecule has 233 valence electrons. The van der Waals surface area contributed by atoms with Gasteiger partial charge in [0.15, 0.2) is 11.5 Å². The summed E-state index contributed by atoms with van der Waals surface area (Å²) in [6.07, 6.45) is 3.67. The van der Waals surface area contributed by atoms with Crippen molar-refractivity contribution >= 4 is 0 Å². The first-order valence-corrected chi connectivity index (χ1v) is 13.5. The summed E-state index contributed by atoms with van der Waals surface area (Å²) < 4.78 is 33.3. The number of hydrogen-bond acceptors (Lipinski definition) is 10. The second-order valence-corrected chi connectivity index (χ2v) is 9.69. The van der Waals surface area contributed by atoms with E-state index in [1.807, 2.05) is 18.2 Å². The molecule has 0 saturated carbocycles.